The summed E-state index contributed by atoms with van der Waals surface area (Å²) in [7, 11) is 1.68. The van der Waals surface area contributed by atoms with Crippen LogP contribution in [0.15, 0.2) is 11.6 Å². The molecule has 5 nitrogen and oxygen atoms in total. The Balaban J connectivity index is 1.83. The Hall–Kier alpha value is -1.36. The molecule has 0 radical (unpaired) electrons. The molecule has 1 saturated carbocycles. The average Bonchev–Trinajstić information content (AvgIpc) is 2.48. The number of carboxylic acids is 1. The molecule has 0 aromatic carbocycles. The SMILES string of the molecule is COCC1=CCN(C(=O)C2CCC(C(=O)O)CC2)CC1. The molecule has 112 valence electrons. The Morgan fingerprint density at radius 3 is 2.45 bits per heavy atom. The molecule has 1 fully saturated rings. The lowest BCUT2D eigenvalue weighted by Crippen LogP contribution is -2.41. The summed E-state index contributed by atoms with van der Waals surface area (Å²) in [6.45, 7) is 2.06. The van der Waals surface area contributed by atoms with Gasteiger partial charge in [-0.3, -0.25) is 9.59 Å². The van der Waals surface area contributed by atoms with Gasteiger partial charge in [-0.2, -0.15) is 0 Å². The number of hydrogen-bond donors (Lipinski definition) is 1. The lowest BCUT2D eigenvalue weighted by Gasteiger charge is -2.32. The summed E-state index contributed by atoms with van der Waals surface area (Å²) in [5.41, 5.74) is 1.26. The zero-order valence-corrected chi connectivity index (χ0v) is 12.0. The van der Waals surface area contributed by atoms with Crippen molar-refractivity contribution in [1.82, 2.24) is 4.90 Å². The molecule has 0 aromatic heterocycles. The van der Waals surface area contributed by atoms with Crippen molar-refractivity contribution >= 4 is 11.9 Å². The number of rotatable bonds is 4. The minimum Gasteiger partial charge on any atom is -0.481 e. The molecule has 1 aliphatic carbocycles. The number of amides is 1. The highest BCUT2D eigenvalue weighted by Crippen LogP contribution is 2.30. The number of hydrogen-bond acceptors (Lipinski definition) is 3. The predicted molar refractivity (Wildman–Crippen MR) is 74.2 cm³/mol. The van der Waals surface area contributed by atoms with Crippen LogP contribution in [-0.4, -0.2) is 48.7 Å². The predicted octanol–water partition coefficient (Wildman–Crippen LogP) is 1.68. The molecular formula is C15H23NO4. The van der Waals surface area contributed by atoms with E-state index >= 15 is 0 Å². The van der Waals surface area contributed by atoms with Crippen molar-refractivity contribution in [3.8, 4) is 0 Å². The summed E-state index contributed by atoms with van der Waals surface area (Å²) < 4.78 is 5.10. The Kier molecular flexibility index (Phi) is 5.17. The van der Waals surface area contributed by atoms with Crippen LogP contribution in [0.25, 0.3) is 0 Å². The van der Waals surface area contributed by atoms with Gasteiger partial charge in [0.25, 0.3) is 0 Å². The summed E-state index contributed by atoms with van der Waals surface area (Å²) in [4.78, 5) is 25.2. The number of carboxylic acid groups (broad SMARTS) is 1. The first-order chi connectivity index (χ1) is 9.61. The Morgan fingerprint density at radius 1 is 1.30 bits per heavy atom. The first-order valence-corrected chi connectivity index (χ1v) is 7.30. The molecule has 0 saturated heterocycles. The van der Waals surface area contributed by atoms with Gasteiger partial charge in [0.15, 0.2) is 0 Å². The van der Waals surface area contributed by atoms with Crippen LogP contribution >= 0.6 is 0 Å². The summed E-state index contributed by atoms with van der Waals surface area (Å²) in [5, 5.41) is 8.98. The van der Waals surface area contributed by atoms with Gasteiger partial charge in [-0.1, -0.05) is 6.08 Å². The molecule has 1 N–H and O–H groups in total. The zero-order chi connectivity index (χ0) is 14.5. The van der Waals surface area contributed by atoms with E-state index in [0.717, 1.165) is 13.0 Å². The van der Waals surface area contributed by atoms with Crippen molar-refractivity contribution in [3.05, 3.63) is 11.6 Å². The third-order valence-electron chi connectivity index (χ3n) is 4.37. The zero-order valence-electron chi connectivity index (χ0n) is 12.0. The summed E-state index contributed by atoms with van der Waals surface area (Å²) in [6.07, 6.45) is 5.63. The van der Waals surface area contributed by atoms with Crippen LogP contribution in [0, 0.1) is 11.8 Å². The second-order valence-corrected chi connectivity index (χ2v) is 5.72. The maximum Gasteiger partial charge on any atom is 0.306 e. The van der Waals surface area contributed by atoms with Crippen LogP contribution in [0.2, 0.25) is 0 Å². The minimum absolute atomic E-state index is 0.0166. The van der Waals surface area contributed by atoms with Gasteiger partial charge >= 0.3 is 5.97 Å². The normalized spacial score (nSPS) is 27.1. The maximum absolute atomic E-state index is 12.4. The van der Waals surface area contributed by atoms with E-state index in [2.05, 4.69) is 6.08 Å². The van der Waals surface area contributed by atoms with Gasteiger partial charge in [-0.05, 0) is 37.7 Å². The highest BCUT2D eigenvalue weighted by atomic mass is 16.5. The van der Waals surface area contributed by atoms with Crippen molar-refractivity contribution < 1.29 is 19.4 Å². The summed E-state index contributed by atoms with van der Waals surface area (Å²) >= 11 is 0. The molecule has 1 heterocycles. The van der Waals surface area contributed by atoms with E-state index in [1.165, 1.54) is 5.57 Å². The Morgan fingerprint density at radius 2 is 1.95 bits per heavy atom. The molecule has 2 rings (SSSR count). The first kappa shape index (κ1) is 15.0. The molecule has 2 aliphatic rings. The van der Waals surface area contributed by atoms with Gasteiger partial charge in [0, 0.05) is 26.1 Å². The largest absolute Gasteiger partial charge is 0.481 e. The molecule has 5 heteroatoms. The van der Waals surface area contributed by atoms with E-state index in [9.17, 15) is 9.59 Å². The second-order valence-electron chi connectivity index (χ2n) is 5.72. The van der Waals surface area contributed by atoms with Gasteiger partial charge in [0.05, 0.1) is 12.5 Å². The topological polar surface area (TPSA) is 66.8 Å². The highest BCUT2D eigenvalue weighted by molar-refractivity contribution is 5.80. The van der Waals surface area contributed by atoms with Gasteiger partial charge in [0.2, 0.25) is 5.91 Å². The van der Waals surface area contributed by atoms with Crippen molar-refractivity contribution in [1.29, 1.82) is 0 Å². The van der Waals surface area contributed by atoms with Crippen LogP contribution in [-0.2, 0) is 14.3 Å². The van der Waals surface area contributed by atoms with Crippen molar-refractivity contribution in [2.45, 2.75) is 32.1 Å². The molecule has 20 heavy (non-hydrogen) atoms. The highest BCUT2D eigenvalue weighted by Gasteiger charge is 2.32. The molecule has 1 aliphatic heterocycles. The number of aliphatic carboxylic acids is 1. The molecule has 0 atom stereocenters. The van der Waals surface area contributed by atoms with Crippen LogP contribution in [0.4, 0.5) is 0 Å². The van der Waals surface area contributed by atoms with Crippen LogP contribution in [0.5, 0.6) is 0 Å². The number of nitrogens with zero attached hydrogens (tertiary/aromatic N) is 1. The van der Waals surface area contributed by atoms with Crippen LogP contribution < -0.4 is 0 Å². The number of carbonyl (C=O) groups excluding carboxylic acids is 1. The quantitative estimate of drug-likeness (QED) is 0.796. The van der Waals surface area contributed by atoms with E-state index in [1.54, 1.807) is 7.11 Å². The summed E-state index contributed by atoms with van der Waals surface area (Å²) in [6, 6.07) is 0. The Labute approximate surface area is 119 Å². The molecule has 0 aromatic rings. The molecule has 0 unspecified atom stereocenters. The minimum atomic E-state index is -0.721. The van der Waals surface area contributed by atoms with Gasteiger partial charge in [-0.15, -0.1) is 0 Å². The Bertz CT molecular complexity index is 397. The fraction of sp³-hybridized carbons (Fsp3) is 0.733. The van der Waals surface area contributed by atoms with E-state index < -0.39 is 5.97 Å². The van der Waals surface area contributed by atoms with Gasteiger partial charge < -0.3 is 14.7 Å². The lowest BCUT2D eigenvalue weighted by molar-refractivity contribution is -0.145. The van der Waals surface area contributed by atoms with Crippen molar-refractivity contribution in [3.63, 3.8) is 0 Å². The van der Waals surface area contributed by atoms with Crippen molar-refractivity contribution in [2.24, 2.45) is 11.8 Å². The third-order valence-corrected chi connectivity index (χ3v) is 4.37. The number of ether oxygens (including phenoxy) is 1. The molecule has 0 spiro atoms. The standard InChI is InChI=1S/C15H23NO4/c1-20-10-11-6-8-16(9-7-11)14(17)12-2-4-13(5-3-12)15(18)19/h6,12-13H,2-5,7-10H2,1H3,(H,18,19). The van der Waals surface area contributed by atoms with E-state index in [0.29, 0.717) is 38.8 Å². The molecule has 0 bridgehead atoms. The number of methoxy groups -OCH3 is 1. The fourth-order valence-corrected chi connectivity index (χ4v) is 3.07. The fourth-order valence-electron chi connectivity index (χ4n) is 3.07. The van der Waals surface area contributed by atoms with E-state index in [4.69, 9.17) is 9.84 Å². The second kappa shape index (κ2) is 6.88. The molecular weight excluding hydrogens is 258 g/mol. The molecule has 1 amide bonds. The van der Waals surface area contributed by atoms with Crippen LogP contribution in [0.3, 0.4) is 0 Å². The first-order valence-electron chi connectivity index (χ1n) is 7.30. The van der Waals surface area contributed by atoms with Crippen LogP contribution in [0.1, 0.15) is 32.1 Å². The van der Waals surface area contributed by atoms with E-state index in [-0.39, 0.29) is 17.7 Å². The van der Waals surface area contributed by atoms with Crippen molar-refractivity contribution in [2.75, 3.05) is 26.8 Å². The average molecular weight is 281 g/mol. The van der Waals surface area contributed by atoms with E-state index in [1.807, 2.05) is 4.90 Å². The lowest BCUT2D eigenvalue weighted by atomic mass is 9.81. The third kappa shape index (κ3) is 3.60. The monoisotopic (exact) mass is 281 g/mol. The van der Waals surface area contributed by atoms with Gasteiger partial charge in [-0.25, -0.2) is 0 Å². The summed E-state index contributed by atoms with van der Waals surface area (Å²) in [5.74, 6) is -0.765. The maximum atomic E-state index is 12.4. The smallest absolute Gasteiger partial charge is 0.306 e. The number of carbonyl (C=O) groups is 2. The van der Waals surface area contributed by atoms with Gasteiger partial charge in [0.1, 0.15) is 0 Å².